The summed E-state index contributed by atoms with van der Waals surface area (Å²) < 4.78 is 94.4. The number of carbonyl (C=O) groups excluding carboxylic acids is 2. The van der Waals surface area contributed by atoms with Crippen LogP contribution in [0.25, 0.3) is 0 Å². The average molecular weight is 509 g/mol. The Balaban J connectivity index is 0.00000281. The Morgan fingerprint density at radius 1 is 0.824 bits per heavy atom. The number of ether oxygens (including phenoxy) is 1. The molecule has 4 nitrogen and oxygen atoms in total. The molecule has 2 rings (SSSR count). The van der Waals surface area contributed by atoms with Crippen molar-refractivity contribution in [3.8, 4) is 0 Å². The second-order valence-corrected chi connectivity index (χ2v) is 7.16. The van der Waals surface area contributed by atoms with Crippen molar-refractivity contribution >= 4 is 20.9 Å². The van der Waals surface area contributed by atoms with E-state index in [2.05, 4.69) is 0 Å². The van der Waals surface area contributed by atoms with Crippen LogP contribution in [0.2, 0.25) is 0 Å². The molecule has 0 aliphatic rings. The smallest absolute Gasteiger partial charge is 0.417 e. The first-order valence-electron chi connectivity index (χ1n) is 10.2. The molecule has 0 N–H and O–H groups in total. The third-order valence-corrected chi connectivity index (χ3v) is 4.79. The molecule has 2 aromatic rings. The fraction of sp³-hybridized carbons (Fsp3) is 0.391. The first-order chi connectivity index (χ1) is 16.0. The summed E-state index contributed by atoms with van der Waals surface area (Å²) in [5.74, 6) is -4.77. The summed E-state index contributed by atoms with van der Waals surface area (Å²) in [6, 6.07) is 8.29. The van der Waals surface area contributed by atoms with Crippen LogP contribution in [0.4, 0.5) is 26.3 Å². The molecule has 0 aliphatic carbocycles. The van der Waals surface area contributed by atoms with Crippen LogP contribution in [0.3, 0.4) is 0 Å². The number of halogens is 6. The number of unbranched alkanes of at least 4 members (excludes halogenated alkanes) is 3. The minimum atomic E-state index is -5.24. The van der Waals surface area contributed by atoms with Gasteiger partial charge in [0.1, 0.15) is 5.92 Å². The van der Waals surface area contributed by atoms with E-state index in [4.69, 9.17) is 9.30 Å². The van der Waals surface area contributed by atoms with Crippen molar-refractivity contribution in [3.63, 3.8) is 0 Å². The minimum Gasteiger partial charge on any atom is -0.465 e. The van der Waals surface area contributed by atoms with Crippen molar-refractivity contribution in [3.05, 3.63) is 70.8 Å². The van der Waals surface area contributed by atoms with E-state index >= 15 is 0 Å². The van der Waals surface area contributed by atoms with E-state index in [0.717, 1.165) is 19.3 Å². The van der Waals surface area contributed by atoms with Gasteiger partial charge in [-0.05, 0) is 24.1 Å². The molecule has 0 spiro atoms. The topological polar surface area (TPSA) is 60.4 Å². The first kappa shape index (κ1) is 29.3. The van der Waals surface area contributed by atoms with Crippen molar-refractivity contribution in [2.45, 2.75) is 50.9 Å². The van der Waals surface area contributed by atoms with Gasteiger partial charge in [-0.25, -0.2) is 0 Å². The Morgan fingerprint density at radius 3 is 1.82 bits per heavy atom. The number of esters is 1. The zero-order valence-electron chi connectivity index (χ0n) is 18.2. The van der Waals surface area contributed by atoms with Gasteiger partial charge in [0.05, 0.1) is 17.7 Å². The van der Waals surface area contributed by atoms with Crippen LogP contribution in [0, 0.1) is 0 Å². The van der Waals surface area contributed by atoms with Gasteiger partial charge >= 0.3 is 27.4 Å². The number of hydrogen-bond acceptors (Lipinski definition) is 4. The maximum atomic E-state index is 13.5. The third kappa shape index (κ3) is 7.94. The molecule has 0 saturated carbocycles. The van der Waals surface area contributed by atoms with Crippen LogP contribution >= 0.6 is 9.12 Å². The molecule has 2 atom stereocenters. The minimum absolute atomic E-state index is 0.0545. The van der Waals surface area contributed by atoms with Crippen LogP contribution in [0.1, 0.15) is 65.6 Å². The van der Waals surface area contributed by atoms with Gasteiger partial charge in [-0.2, -0.15) is 26.3 Å². The van der Waals surface area contributed by atoms with E-state index in [0.29, 0.717) is 24.6 Å². The zero-order chi connectivity index (χ0) is 25.9. The molecule has 186 valence electrons. The molecule has 0 saturated heterocycles. The van der Waals surface area contributed by atoms with Crippen LogP contribution in [-0.4, -0.2) is 18.4 Å². The lowest BCUT2D eigenvalue weighted by Gasteiger charge is -2.21. The SMILES string of the molecule is CCCCCCOC(=O)C(C(=O)c1c(C(F)(F)F)cccc1C(F)(F)F)c1ccccc1.O=[PH2+]. The van der Waals surface area contributed by atoms with Gasteiger partial charge in [0.15, 0.2) is 5.78 Å². The number of ketones is 1. The Kier molecular flexibility index (Phi) is 11.4. The second-order valence-electron chi connectivity index (χ2n) is 7.16. The predicted octanol–water partition coefficient (Wildman–Crippen LogP) is 7.02. The Morgan fingerprint density at radius 2 is 1.35 bits per heavy atom. The third-order valence-electron chi connectivity index (χ3n) is 4.79. The Bertz CT molecular complexity index is 912. The summed E-state index contributed by atoms with van der Waals surface area (Å²) in [6.45, 7) is 1.87. The lowest BCUT2D eigenvalue weighted by molar-refractivity contribution is -0.146. The van der Waals surface area contributed by atoms with Crippen molar-refractivity contribution in [1.82, 2.24) is 0 Å². The molecule has 0 bridgehead atoms. The summed E-state index contributed by atoms with van der Waals surface area (Å²) in [5.41, 5.74) is -5.16. The highest BCUT2D eigenvalue weighted by molar-refractivity contribution is 7.00. The van der Waals surface area contributed by atoms with Gasteiger partial charge in [0.25, 0.3) is 0 Å². The van der Waals surface area contributed by atoms with Gasteiger partial charge in [0, 0.05) is 5.56 Å². The van der Waals surface area contributed by atoms with Crippen molar-refractivity contribution < 1.29 is 45.2 Å². The van der Waals surface area contributed by atoms with E-state index in [-0.39, 0.29) is 12.2 Å². The Labute approximate surface area is 194 Å². The van der Waals surface area contributed by atoms with Crippen LogP contribution < -0.4 is 0 Å². The molecule has 0 fully saturated rings. The van der Waals surface area contributed by atoms with E-state index < -0.39 is 46.7 Å². The van der Waals surface area contributed by atoms with Gasteiger partial charge in [-0.15, -0.1) is 0 Å². The average Bonchev–Trinajstić information content (AvgIpc) is 2.79. The largest absolute Gasteiger partial charge is 0.465 e. The molecule has 34 heavy (non-hydrogen) atoms. The number of hydrogen-bond donors (Lipinski definition) is 0. The standard InChI is InChI=1S/C23H22F6O3.H2OP/c1-2-3-4-8-14-32-21(31)18(15-10-6-5-7-11-15)20(30)19-16(22(24,25)26)12-9-13-17(19)23(27,28)29;1-2/h5-7,9-13,18H,2-4,8,14H2,1H3;2H2/q;+1. The van der Waals surface area contributed by atoms with Crippen LogP contribution in [-0.2, 0) is 26.4 Å². The molecule has 2 unspecified atom stereocenters. The molecule has 0 aliphatic heterocycles. The molecule has 0 radical (unpaired) electrons. The van der Waals surface area contributed by atoms with Crippen molar-refractivity contribution in [2.75, 3.05) is 6.61 Å². The number of rotatable bonds is 9. The first-order valence-corrected chi connectivity index (χ1v) is 10.7. The summed E-state index contributed by atoms with van der Waals surface area (Å²) in [6.07, 6.45) is -7.51. The number of alkyl halides is 6. The fourth-order valence-corrected chi connectivity index (χ4v) is 3.26. The number of carbonyl (C=O) groups is 2. The second kappa shape index (κ2) is 13.2. The summed E-state index contributed by atoms with van der Waals surface area (Å²) in [5, 5.41) is 0. The number of benzene rings is 2. The van der Waals surface area contributed by atoms with E-state index in [9.17, 15) is 35.9 Å². The molecular formula is C23H24F6O4P+. The van der Waals surface area contributed by atoms with Gasteiger partial charge in [-0.3, -0.25) is 9.59 Å². The van der Waals surface area contributed by atoms with Crippen molar-refractivity contribution in [2.24, 2.45) is 0 Å². The quantitative estimate of drug-likeness (QED) is 0.0910. The molecule has 0 aromatic heterocycles. The normalized spacial score (nSPS) is 12.3. The molecular weight excluding hydrogens is 485 g/mol. The lowest BCUT2D eigenvalue weighted by Crippen LogP contribution is -2.29. The molecule has 2 aromatic carbocycles. The monoisotopic (exact) mass is 509 g/mol. The fourth-order valence-electron chi connectivity index (χ4n) is 3.26. The molecule has 0 heterocycles. The lowest BCUT2D eigenvalue weighted by atomic mass is 9.85. The van der Waals surface area contributed by atoms with E-state index in [1.165, 1.54) is 39.5 Å². The molecule has 0 amide bonds. The highest BCUT2D eigenvalue weighted by Gasteiger charge is 2.45. The summed E-state index contributed by atoms with van der Waals surface area (Å²) >= 11 is 0. The van der Waals surface area contributed by atoms with Crippen LogP contribution in [0.5, 0.6) is 0 Å². The summed E-state index contributed by atoms with van der Waals surface area (Å²) in [7, 11) is 1.17. The number of Topliss-reactive ketones (excluding diaryl/α,β-unsaturated/α-hetero) is 1. The van der Waals surface area contributed by atoms with E-state index in [1.807, 2.05) is 6.92 Å². The zero-order valence-corrected chi connectivity index (χ0v) is 19.4. The Hall–Kier alpha value is -2.74. The van der Waals surface area contributed by atoms with Gasteiger partial charge in [0.2, 0.25) is 0 Å². The maximum Gasteiger partial charge on any atom is 0.417 e. The van der Waals surface area contributed by atoms with Gasteiger partial charge < -0.3 is 4.74 Å². The van der Waals surface area contributed by atoms with Crippen molar-refractivity contribution in [1.29, 1.82) is 0 Å². The maximum absolute atomic E-state index is 13.5. The van der Waals surface area contributed by atoms with Crippen LogP contribution in [0.15, 0.2) is 48.5 Å². The highest BCUT2D eigenvalue weighted by Crippen LogP contribution is 2.41. The predicted molar refractivity (Wildman–Crippen MR) is 115 cm³/mol. The van der Waals surface area contributed by atoms with Gasteiger partial charge in [-0.1, -0.05) is 67.1 Å². The highest BCUT2D eigenvalue weighted by atomic mass is 31.0. The van der Waals surface area contributed by atoms with E-state index in [1.54, 1.807) is 0 Å². The molecule has 11 heteroatoms. The summed E-state index contributed by atoms with van der Waals surface area (Å²) in [4.78, 5) is 25.9.